The van der Waals surface area contributed by atoms with E-state index in [1.165, 1.54) is 0 Å². The van der Waals surface area contributed by atoms with E-state index in [0.29, 0.717) is 28.3 Å². The van der Waals surface area contributed by atoms with Crippen molar-refractivity contribution in [3.63, 3.8) is 0 Å². The van der Waals surface area contributed by atoms with Crippen LogP contribution in [0, 0.1) is 0 Å². The maximum absolute atomic E-state index is 12.7. The summed E-state index contributed by atoms with van der Waals surface area (Å²) in [5.41, 5.74) is -0.315. The van der Waals surface area contributed by atoms with Gasteiger partial charge in [0.25, 0.3) is 5.91 Å². The molecule has 7 nitrogen and oxygen atoms in total. The van der Waals surface area contributed by atoms with Crippen molar-refractivity contribution in [2.24, 2.45) is 0 Å². The van der Waals surface area contributed by atoms with Crippen LogP contribution in [0.15, 0.2) is 121 Å². The molecule has 0 saturated carbocycles. The van der Waals surface area contributed by atoms with Crippen LogP contribution in [-0.2, 0) is 14.4 Å². The maximum atomic E-state index is 12.7. The van der Waals surface area contributed by atoms with Gasteiger partial charge in [-0.1, -0.05) is 91.4 Å². The number of benzene rings is 2. The number of carbonyl (C=O) groups excluding carboxylic acids is 4. The second kappa shape index (κ2) is 24.4. The van der Waals surface area contributed by atoms with Crippen LogP contribution >= 0.6 is 11.6 Å². The zero-order chi connectivity index (χ0) is 36.5. The summed E-state index contributed by atoms with van der Waals surface area (Å²) in [6.07, 6.45) is 32.1. The largest absolute Gasteiger partial charge is 0.478 e. The maximum Gasteiger partial charge on any atom is 0.263 e. The molecule has 0 heterocycles. The Morgan fingerprint density at radius 3 is 1.58 bits per heavy atom. The molecule has 266 valence electrons. The van der Waals surface area contributed by atoms with Crippen LogP contribution < -0.4 is 15.4 Å². The summed E-state index contributed by atoms with van der Waals surface area (Å²) in [4.78, 5) is 49.8. The van der Waals surface area contributed by atoms with Crippen LogP contribution in [0.4, 0.5) is 0 Å². The van der Waals surface area contributed by atoms with E-state index in [1.54, 1.807) is 62.4 Å². The fourth-order valence-electron chi connectivity index (χ4n) is 4.38. The average molecular weight is 699 g/mol. The molecule has 0 aliphatic rings. The van der Waals surface area contributed by atoms with Crippen molar-refractivity contribution in [2.45, 2.75) is 77.7 Å². The van der Waals surface area contributed by atoms with E-state index in [2.05, 4.69) is 78.3 Å². The number of hydrogen-bond acceptors (Lipinski definition) is 5. The number of Topliss-reactive ketones (excluding diaryl/α,β-unsaturated/α-hetero) is 1. The van der Waals surface area contributed by atoms with Crippen LogP contribution in [0.1, 0.15) is 88.1 Å². The highest BCUT2D eigenvalue weighted by Gasteiger charge is 2.30. The lowest BCUT2D eigenvalue weighted by molar-refractivity contribution is -0.135. The lowest BCUT2D eigenvalue weighted by Crippen LogP contribution is -2.48. The highest BCUT2D eigenvalue weighted by Crippen LogP contribution is 2.21. The van der Waals surface area contributed by atoms with Crippen molar-refractivity contribution in [3.05, 3.63) is 138 Å². The molecule has 0 aliphatic carbocycles. The fourth-order valence-corrected chi connectivity index (χ4v) is 4.50. The predicted molar refractivity (Wildman–Crippen MR) is 205 cm³/mol. The molecule has 0 bridgehead atoms. The zero-order valence-electron chi connectivity index (χ0n) is 29.5. The molecule has 2 N–H and O–H groups in total. The van der Waals surface area contributed by atoms with Crippen LogP contribution in [0.25, 0.3) is 0 Å². The van der Waals surface area contributed by atoms with Gasteiger partial charge in [-0.3, -0.25) is 19.2 Å². The van der Waals surface area contributed by atoms with E-state index >= 15 is 0 Å². The average Bonchev–Trinajstić information content (AvgIpc) is 3.10. The Bertz CT molecular complexity index is 1530. The van der Waals surface area contributed by atoms with Crippen LogP contribution in [0.5, 0.6) is 5.75 Å². The van der Waals surface area contributed by atoms with E-state index in [0.717, 1.165) is 38.5 Å². The Kier molecular flexibility index (Phi) is 20.2. The Labute approximate surface area is 302 Å². The molecule has 2 amide bonds. The standard InChI is InChI=1S/C42H51ClN2O5/c1-4-5-6-7-8-9-10-11-12-13-14-15-16-17-18-19-20-21-22-23-39(47)44-32-37(46)33-45-41(49)42(2,3)50-38-30-26-35(27-31-38)40(48)34-24-28-36(43)29-25-34/h5-6,8-9,11-12,14-15,17-18,20-21,24-31H,4,7,10,13,16,19,22-23,32-33H2,1-3H3,(H,44,47)(H,45,49)/b6-5-,9-8-,12-11-,15-14-,18-17-,21-20-. The monoisotopic (exact) mass is 698 g/mol. The number of ketones is 2. The first-order valence-electron chi connectivity index (χ1n) is 17.2. The minimum absolute atomic E-state index is 0.162. The number of halogens is 1. The molecule has 8 heteroatoms. The van der Waals surface area contributed by atoms with Gasteiger partial charge in [-0.05, 0) is 107 Å². The summed E-state index contributed by atoms with van der Waals surface area (Å²) in [5.74, 6) is -0.823. The van der Waals surface area contributed by atoms with Gasteiger partial charge >= 0.3 is 0 Å². The van der Waals surface area contributed by atoms with Gasteiger partial charge in [-0.15, -0.1) is 0 Å². The first kappa shape index (κ1) is 41.4. The summed E-state index contributed by atoms with van der Waals surface area (Å²) in [5, 5.41) is 5.72. The smallest absolute Gasteiger partial charge is 0.263 e. The lowest BCUT2D eigenvalue weighted by atomic mass is 10.0. The van der Waals surface area contributed by atoms with Gasteiger partial charge in [-0.2, -0.15) is 0 Å². The predicted octanol–water partition coefficient (Wildman–Crippen LogP) is 9.01. The first-order valence-corrected chi connectivity index (χ1v) is 17.6. The van der Waals surface area contributed by atoms with E-state index in [1.807, 2.05) is 12.2 Å². The van der Waals surface area contributed by atoms with Gasteiger partial charge in [0.15, 0.2) is 17.2 Å². The molecule has 0 fully saturated rings. The minimum Gasteiger partial charge on any atom is -0.478 e. The van der Waals surface area contributed by atoms with Crippen molar-refractivity contribution in [1.82, 2.24) is 10.6 Å². The molecule has 0 spiro atoms. The molecule has 2 aromatic carbocycles. The molecule has 0 saturated heterocycles. The molecular weight excluding hydrogens is 648 g/mol. The third kappa shape index (κ3) is 18.1. The second-order valence-corrected chi connectivity index (χ2v) is 12.4. The molecule has 2 rings (SSSR count). The van der Waals surface area contributed by atoms with Crippen LogP contribution in [-0.4, -0.2) is 42.1 Å². The lowest BCUT2D eigenvalue weighted by Gasteiger charge is -2.25. The normalized spacial score (nSPS) is 12.2. The molecule has 2 aromatic rings. The third-order valence-electron chi connectivity index (χ3n) is 7.21. The van der Waals surface area contributed by atoms with Crippen LogP contribution in [0.2, 0.25) is 5.02 Å². The number of amides is 2. The summed E-state index contributed by atoms with van der Waals surface area (Å²) < 4.78 is 5.84. The second-order valence-electron chi connectivity index (χ2n) is 11.9. The summed E-state index contributed by atoms with van der Waals surface area (Å²) in [6, 6.07) is 13.1. The Morgan fingerprint density at radius 1 is 0.640 bits per heavy atom. The van der Waals surface area contributed by atoms with Crippen molar-refractivity contribution in [2.75, 3.05) is 13.1 Å². The van der Waals surface area contributed by atoms with Gasteiger partial charge in [0.05, 0.1) is 13.1 Å². The topological polar surface area (TPSA) is 102 Å². The Hall–Kier alpha value is -4.75. The molecule has 50 heavy (non-hydrogen) atoms. The van der Waals surface area contributed by atoms with Gasteiger partial charge in [-0.25, -0.2) is 0 Å². The summed E-state index contributed by atoms with van der Waals surface area (Å²) >= 11 is 5.90. The van der Waals surface area contributed by atoms with Crippen molar-refractivity contribution >= 4 is 35.0 Å². The van der Waals surface area contributed by atoms with Gasteiger partial charge in [0, 0.05) is 22.6 Å². The highest BCUT2D eigenvalue weighted by molar-refractivity contribution is 6.30. The molecule has 0 radical (unpaired) electrons. The molecule has 0 atom stereocenters. The van der Waals surface area contributed by atoms with Crippen LogP contribution in [0.3, 0.4) is 0 Å². The quantitative estimate of drug-likeness (QED) is 0.0891. The van der Waals surface area contributed by atoms with E-state index in [9.17, 15) is 19.2 Å². The van der Waals surface area contributed by atoms with Gasteiger partial charge in [0.1, 0.15) is 5.75 Å². The molecule has 0 unspecified atom stereocenters. The third-order valence-corrected chi connectivity index (χ3v) is 7.46. The number of carbonyl (C=O) groups is 4. The first-order chi connectivity index (χ1) is 24.1. The Balaban J connectivity index is 1.56. The van der Waals surface area contributed by atoms with E-state index < -0.39 is 11.5 Å². The van der Waals surface area contributed by atoms with Gasteiger partial charge in [0.2, 0.25) is 5.91 Å². The SMILES string of the molecule is CC/C=C\C/C=C\C/C=C\C/C=C\C/C=C\C/C=C\CCC(=O)NCC(=O)CNC(=O)C(C)(C)Oc1ccc(C(=O)c2ccc(Cl)cc2)cc1. The Morgan fingerprint density at radius 2 is 1.08 bits per heavy atom. The van der Waals surface area contributed by atoms with Gasteiger partial charge < -0.3 is 15.4 Å². The van der Waals surface area contributed by atoms with Crippen molar-refractivity contribution in [3.8, 4) is 5.75 Å². The fraction of sp³-hybridized carbons (Fsp3) is 0.333. The zero-order valence-corrected chi connectivity index (χ0v) is 30.3. The van der Waals surface area contributed by atoms with Crippen molar-refractivity contribution in [1.29, 1.82) is 0 Å². The number of rotatable bonds is 23. The van der Waals surface area contributed by atoms with E-state index in [-0.39, 0.29) is 37.0 Å². The van der Waals surface area contributed by atoms with E-state index in [4.69, 9.17) is 16.3 Å². The summed E-state index contributed by atoms with van der Waals surface area (Å²) in [6.45, 7) is 4.88. The summed E-state index contributed by atoms with van der Waals surface area (Å²) in [7, 11) is 0. The highest BCUT2D eigenvalue weighted by atomic mass is 35.5. The molecule has 0 aromatic heterocycles. The minimum atomic E-state index is -1.29. The number of nitrogens with one attached hydrogen (secondary N) is 2. The van der Waals surface area contributed by atoms with Crippen molar-refractivity contribution < 1.29 is 23.9 Å². The molecular formula is C42H51ClN2O5. The molecule has 0 aliphatic heterocycles. The number of allylic oxidation sites excluding steroid dienone is 12. The number of ether oxygens (including phenoxy) is 1. The number of hydrogen-bond donors (Lipinski definition) is 2.